The van der Waals surface area contributed by atoms with Crippen molar-refractivity contribution in [3.8, 4) is 0 Å². The van der Waals surface area contributed by atoms with Gasteiger partial charge in [-0.25, -0.2) is 8.42 Å². The Morgan fingerprint density at radius 3 is 2.45 bits per heavy atom. The molecule has 22 heavy (non-hydrogen) atoms. The van der Waals surface area contributed by atoms with Crippen molar-refractivity contribution in [2.24, 2.45) is 0 Å². The van der Waals surface area contributed by atoms with Crippen LogP contribution in [0.15, 0.2) is 29.3 Å². The molecule has 2 rings (SSSR count). The first kappa shape index (κ1) is 17.1. The molecule has 7 heteroatoms. The van der Waals surface area contributed by atoms with Crippen molar-refractivity contribution in [2.75, 3.05) is 4.72 Å². The van der Waals surface area contributed by atoms with Crippen LogP contribution in [0.4, 0.5) is 5.69 Å². The van der Waals surface area contributed by atoms with Gasteiger partial charge >= 0.3 is 0 Å². The van der Waals surface area contributed by atoms with Crippen LogP contribution in [0.25, 0.3) is 0 Å². The lowest BCUT2D eigenvalue weighted by Gasteiger charge is -2.15. The highest BCUT2D eigenvalue weighted by molar-refractivity contribution is 7.92. The maximum Gasteiger partial charge on any atom is 0.263 e. The number of hydrogen-bond acceptors (Lipinski definition) is 3. The third kappa shape index (κ3) is 3.37. The lowest BCUT2D eigenvalue weighted by Crippen LogP contribution is -2.16. The lowest BCUT2D eigenvalue weighted by molar-refractivity contribution is 0.601. The second-order valence-electron chi connectivity index (χ2n) is 4.94. The molecule has 0 saturated heterocycles. The lowest BCUT2D eigenvalue weighted by atomic mass is 10.2. The summed E-state index contributed by atoms with van der Waals surface area (Å²) in [6.45, 7) is 5.47. The molecule has 1 aromatic carbocycles. The molecule has 118 valence electrons. The summed E-state index contributed by atoms with van der Waals surface area (Å²) >= 11 is 12.0. The van der Waals surface area contributed by atoms with Crippen LogP contribution in [0.3, 0.4) is 0 Å². The number of nitrogens with one attached hydrogen (secondary N) is 1. The molecule has 1 N–H and O–H groups in total. The van der Waals surface area contributed by atoms with Crippen LogP contribution in [0.2, 0.25) is 10.0 Å². The Kier molecular flexibility index (Phi) is 5.00. The molecule has 0 amide bonds. The Bertz CT molecular complexity index is 821. The van der Waals surface area contributed by atoms with Crippen LogP contribution in [0.1, 0.15) is 23.7 Å². The van der Waals surface area contributed by atoms with E-state index >= 15 is 0 Å². The smallest absolute Gasteiger partial charge is 0.263 e. The van der Waals surface area contributed by atoms with Gasteiger partial charge in [0, 0.05) is 11.2 Å². The molecule has 0 aliphatic rings. The Balaban J connectivity index is 2.52. The van der Waals surface area contributed by atoms with Gasteiger partial charge in [0.25, 0.3) is 10.0 Å². The molecule has 0 aliphatic carbocycles. The SMILES string of the molecule is CCc1nccc(C)c1NS(=O)(=O)c1cc(C)c(Cl)cc1Cl. The predicted octanol–water partition coefficient (Wildman–Crippen LogP) is 4.37. The van der Waals surface area contributed by atoms with Crippen molar-refractivity contribution in [1.29, 1.82) is 0 Å². The van der Waals surface area contributed by atoms with E-state index in [0.29, 0.717) is 28.4 Å². The summed E-state index contributed by atoms with van der Waals surface area (Å²) in [5, 5.41) is 0.512. The average Bonchev–Trinajstić information content (AvgIpc) is 2.44. The summed E-state index contributed by atoms with van der Waals surface area (Å²) in [7, 11) is -3.82. The fourth-order valence-corrected chi connectivity index (χ4v) is 4.04. The summed E-state index contributed by atoms with van der Waals surface area (Å²) in [6.07, 6.45) is 2.28. The van der Waals surface area contributed by atoms with E-state index in [9.17, 15) is 8.42 Å². The van der Waals surface area contributed by atoms with Crippen molar-refractivity contribution in [2.45, 2.75) is 32.1 Å². The zero-order chi connectivity index (χ0) is 16.5. The van der Waals surface area contributed by atoms with Gasteiger partial charge in [0.05, 0.1) is 16.4 Å². The van der Waals surface area contributed by atoms with Gasteiger partial charge < -0.3 is 0 Å². The van der Waals surface area contributed by atoms with Gasteiger partial charge in [0.2, 0.25) is 0 Å². The number of pyridine rings is 1. The molecule has 0 unspecified atom stereocenters. The molecule has 0 aliphatic heterocycles. The van der Waals surface area contributed by atoms with Gasteiger partial charge in [0.1, 0.15) is 4.90 Å². The topological polar surface area (TPSA) is 59.1 Å². The molecular weight excluding hydrogens is 343 g/mol. The van der Waals surface area contributed by atoms with Crippen LogP contribution < -0.4 is 4.72 Å². The quantitative estimate of drug-likeness (QED) is 0.882. The minimum atomic E-state index is -3.82. The van der Waals surface area contributed by atoms with E-state index < -0.39 is 10.0 Å². The Labute approximate surface area is 140 Å². The molecule has 2 aromatic rings. The Morgan fingerprint density at radius 2 is 1.82 bits per heavy atom. The maximum absolute atomic E-state index is 12.6. The standard InChI is InChI=1S/C15H16Cl2N2O2S/c1-4-13-15(9(2)5-6-18-13)19-22(20,21)14-7-10(3)11(16)8-12(14)17/h5-8,19H,4H2,1-3H3. The second kappa shape index (κ2) is 6.44. The third-order valence-electron chi connectivity index (χ3n) is 3.31. The van der Waals surface area contributed by atoms with Gasteiger partial charge in [-0.15, -0.1) is 0 Å². The minimum Gasteiger partial charge on any atom is -0.277 e. The first-order valence-corrected chi connectivity index (χ1v) is 8.93. The highest BCUT2D eigenvalue weighted by atomic mass is 35.5. The highest BCUT2D eigenvalue weighted by Crippen LogP contribution is 2.30. The summed E-state index contributed by atoms with van der Waals surface area (Å²) in [6, 6.07) is 4.65. The van der Waals surface area contributed by atoms with E-state index in [4.69, 9.17) is 23.2 Å². The predicted molar refractivity (Wildman–Crippen MR) is 90.4 cm³/mol. The number of hydrogen-bond donors (Lipinski definition) is 1. The van der Waals surface area contributed by atoms with Gasteiger partial charge in [-0.2, -0.15) is 0 Å². The number of rotatable bonds is 4. The number of aryl methyl sites for hydroxylation is 3. The molecule has 0 atom stereocenters. The van der Waals surface area contributed by atoms with Crippen LogP contribution in [0, 0.1) is 13.8 Å². The largest absolute Gasteiger partial charge is 0.277 e. The van der Waals surface area contributed by atoms with Crippen LogP contribution in [0.5, 0.6) is 0 Å². The minimum absolute atomic E-state index is 0.00127. The second-order valence-corrected chi connectivity index (χ2v) is 7.41. The fraction of sp³-hybridized carbons (Fsp3) is 0.267. The van der Waals surface area contributed by atoms with Gasteiger partial charge in [0.15, 0.2) is 0 Å². The van der Waals surface area contributed by atoms with Gasteiger partial charge in [-0.3, -0.25) is 9.71 Å². The van der Waals surface area contributed by atoms with Crippen molar-refractivity contribution in [3.05, 3.63) is 51.3 Å². The average molecular weight is 359 g/mol. The molecule has 0 bridgehead atoms. The summed E-state index contributed by atoms with van der Waals surface area (Å²) in [5.74, 6) is 0. The molecule has 1 heterocycles. The summed E-state index contributed by atoms with van der Waals surface area (Å²) < 4.78 is 27.9. The fourth-order valence-electron chi connectivity index (χ4n) is 2.05. The normalized spacial score (nSPS) is 11.5. The number of halogens is 2. The van der Waals surface area contributed by atoms with E-state index in [1.165, 1.54) is 12.1 Å². The first-order valence-electron chi connectivity index (χ1n) is 6.69. The Morgan fingerprint density at radius 1 is 1.14 bits per heavy atom. The first-order chi connectivity index (χ1) is 10.3. The van der Waals surface area contributed by atoms with Crippen molar-refractivity contribution in [1.82, 2.24) is 4.98 Å². The number of sulfonamides is 1. The summed E-state index contributed by atoms with van der Waals surface area (Å²) in [5.41, 5.74) is 2.63. The molecule has 0 spiro atoms. The van der Waals surface area contributed by atoms with E-state index in [2.05, 4.69) is 9.71 Å². The molecule has 4 nitrogen and oxygen atoms in total. The van der Waals surface area contributed by atoms with Crippen LogP contribution in [-0.2, 0) is 16.4 Å². The molecule has 1 aromatic heterocycles. The number of nitrogens with zero attached hydrogens (tertiary/aromatic N) is 1. The number of benzene rings is 1. The molecule has 0 saturated carbocycles. The van der Waals surface area contributed by atoms with E-state index in [-0.39, 0.29) is 9.92 Å². The Hall–Kier alpha value is -1.30. The molecule has 0 fully saturated rings. The van der Waals surface area contributed by atoms with Gasteiger partial charge in [-0.1, -0.05) is 30.1 Å². The zero-order valence-corrected chi connectivity index (χ0v) is 14.8. The number of anilines is 1. The van der Waals surface area contributed by atoms with Crippen LogP contribution >= 0.6 is 23.2 Å². The number of aromatic nitrogens is 1. The van der Waals surface area contributed by atoms with E-state index in [1.807, 2.05) is 13.8 Å². The monoisotopic (exact) mass is 358 g/mol. The van der Waals surface area contributed by atoms with Crippen molar-refractivity contribution >= 4 is 38.9 Å². The van der Waals surface area contributed by atoms with Gasteiger partial charge in [-0.05, 0) is 49.6 Å². The highest BCUT2D eigenvalue weighted by Gasteiger charge is 2.21. The zero-order valence-electron chi connectivity index (χ0n) is 12.4. The van der Waals surface area contributed by atoms with E-state index in [1.54, 1.807) is 19.2 Å². The molecule has 0 radical (unpaired) electrons. The summed E-state index contributed by atoms with van der Waals surface area (Å²) in [4.78, 5) is 4.21. The van der Waals surface area contributed by atoms with Crippen molar-refractivity contribution in [3.63, 3.8) is 0 Å². The van der Waals surface area contributed by atoms with Crippen molar-refractivity contribution < 1.29 is 8.42 Å². The maximum atomic E-state index is 12.6. The third-order valence-corrected chi connectivity index (χ3v) is 5.53. The molecular formula is C15H16Cl2N2O2S. The van der Waals surface area contributed by atoms with E-state index in [0.717, 1.165) is 5.56 Å². The van der Waals surface area contributed by atoms with Crippen LogP contribution in [-0.4, -0.2) is 13.4 Å².